The first-order chi connectivity index (χ1) is 6.18. The molecule has 3 nitrogen and oxygen atoms in total. The minimum Gasteiger partial charge on any atom is -0.398 e. The lowest BCUT2D eigenvalue weighted by atomic mass is 10.1. The average Bonchev–Trinajstić information content (AvgIpc) is 2.49. The summed E-state index contributed by atoms with van der Waals surface area (Å²) >= 11 is 0. The fourth-order valence-corrected chi connectivity index (χ4v) is 1.71. The third-order valence-electron chi connectivity index (χ3n) is 2.57. The van der Waals surface area contributed by atoms with Crippen molar-refractivity contribution in [2.75, 3.05) is 19.8 Å². The molecule has 0 fully saturated rings. The van der Waals surface area contributed by atoms with Crippen LogP contribution in [-0.4, -0.2) is 24.1 Å². The van der Waals surface area contributed by atoms with E-state index in [1.54, 1.807) is 0 Å². The molecular formula is C10H15N3. The first-order valence-electron chi connectivity index (χ1n) is 4.47. The van der Waals surface area contributed by atoms with Gasteiger partial charge in [-0.1, -0.05) is 12.1 Å². The van der Waals surface area contributed by atoms with Crippen LogP contribution in [0, 0.1) is 0 Å². The molecule has 0 bridgehead atoms. The third-order valence-corrected chi connectivity index (χ3v) is 2.57. The molecule has 2 rings (SSSR count). The second kappa shape index (κ2) is 3.01. The topological polar surface area (TPSA) is 32.5 Å². The molecule has 0 amide bonds. The highest BCUT2D eigenvalue weighted by molar-refractivity contribution is 5.52. The normalized spacial score (nSPS) is 16.5. The van der Waals surface area contributed by atoms with Gasteiger partial charge in [0, 0.05) is 32.9 Å². The molecule has 70 valence electrons. The van der Waals surface area contributed by atoms with Crippen molar-refractivity contribution < 1.29 is 0 Å². The van der Waals surface area contributed by atoms with Gasteiger partial charge < -0.3 is 5.73 Å². The Hall–Kier alpha value is -1.06. The molecule has 0 aliphatic carbocycles. The molecule has 0 saturated heterocycles. The maximum Gasteiger partial charge on any atom is 0.0411 e. The number of anilines is 1. The van der Waals surface area contributed by atoms with Gasteiger partial charge in [0.15, 0.2) is 0 Å². The first-order valence-corrected chi connectivity index (χ1v) is 4.47. The zero-order chi connectivity index (χ0) is 9.42. The maximum absolute atomic E-state index is 5.89. The molecule has 0 unspecified atom stereocenters. The molecule has 1 heterocycles. The van der Waals surface area contributed by atoms with Gasteiger partial charge in [0.25, 0.3) is 0 Å². The van der Waals surface area contributed by atoms with Crippen LogP contribution in [0.5, 0.6) is 0 Å². The maximum atomic E-state index is 5.89. The molecule has 0 aromatic heterocycles. The van der Waals surface area contributed by atoms with E-state index in [1.165, 1.54) is 11.1 Å². The van der Waals surface area contributed by atoms with Gasteiger partial charge in [-0.25, -0.2) is 10.0 Å². The molecule has 1 aromatic carbocycles. The fraction of sp³-hybridized carbons (Fsp3) is 0.400. The fourth-order valence-electron chi connectivity index (χ4n) is 1.71. The van der Waals surface area contributed by atoms with E-state index in [2.05, 4.69) is 30.2 Å². The summed E-state index contributed by atoms with van der Waals surface area (Å²) in [5, 5.41) is 4.38. The minimum atomic E-state index is 0.918. The number of benzene rings is 1. The summed E-state index contributed by atoms with van der Waals surface area (Å²) in [6.07, 6.45) is 0. The number of nitrogens with two attached hydrogens (primary N) is 1. The predicted octanol–water partition coefficient (Wildman–Crippen LogP) is 1.06. The summed E-state index contributed by atoms with van der Waals surface area (Å²) in [6.45, 7) is 1.92. The van der Waals surface area contributed by atoms with Crippen molar-refractivity contribution in [1.29, 1.82) is 0 Å². The van der Waals surface area contributed by atoms with Gasteiger partial charge in [0.1, 0.15) is 0 Å². The monoisotopic (exact) mass is 177 g/mol. The molecule has 1 aliphatic rings. The van der Waals surface area contributed by atoms with E-state index in [4.69, 9.17) is 5.73 Å². The van der Waals surface area contributed by atoms with Crippen LogP contribution >= 0.6 is 0 Å². The largest absolute Gasteiger partial charge is 0.398 e. The number of nitrogens with zero attached hydrogens (tertiary/aromatic N) is 2. The highest BCUT2D eigenvalue weighted by Gasteiger charge is 2.21. The van der Waals surface area contributed by atoms with E-state index >= 15 is 0 Å². The Balaban J connectivity index is 2.30. The highest BCUT2D eigenvalue weighted by Crippen LogP contribution is 2.27. The molecule has 1 aromatic rings. The van der Waals surface area contributed by atoms with Gasteiger partial charge in [-0.2, -0.15) is 0 Å². The van der Waals surface area contributed by atoms with E-state index < -0.39 is 0 Å². The van der Waals surface area contributed by atoms with Crippen molar-refractivity contribution >= 4 is 5.69 Å². The lowest BCUT2D eigenvalue weighted by Gasteiger charge is -2.22. The number of hydrogen-bond donors (Lipinski definition) is 1. The van der Waals surface area contributed by atoms with Crippen molar-refractivity contribution in [3.63, 3.8) is 0 Å². The van der Waals surface area contributed by atoms with Gasteiger partial charge >= 0.3 is 0 Å². The van der Waals surface area contributed by atoms with Gasteiger partial charge in [-0.15, -0.1) is 0 Å². The van der Waals surface area contributed by atoms with Crippen molar-refractivity contribution in [2.24, 2.45) is 0 Å². The molecule has 0 atom stereocenters. The molecule has 1 aliphatic heterocycles. The molecule has 0 saturated carbocycles. The summed E-state index contributed by atoms with van der Waals surface area (Å²) in [7, 11) is 4.12. The zero-order valence-electron chi connectivity index (χ0n) is 8.12. The van der Waals surface area contributed by atoms with E-state index in [9.17, 15) is 0 Å². The SMILES string of the molecule is CN(C)N1Cc2cccc(N)c2C1. The number of hydrazine groups is 1. The minimum absolute atomic E-state index is 0.918. The van der Waals surface area contributed by atoms with Crippen LogP contribution in [0.1, 0.15) is 11.1 Å². The van der Waals surface area contributed by atoms with E-state index in [0.717, 1.165) is 18.8 Å². The van der Waals surface area contributed by atoms with Gasteiger partial charge in [-0.3, -0.25) is 0 Å². The van der Waals surface area contributed by atoms with Crippen LogP contribution in [0.3, 0.4) is 0 Å². The van der Waals surface area contributed by atoms with E-state index in [1.807, 2.05) is 12.1 Å². The lowest BCUT2D eigenvalue weighted by molar-refractivity contribution is 0.0211. The average molecular weight is 177 g/mol. The Bertz CT molecular complexity index is 320. The van der Waals surface area contributed by atoms with E-state index in [-0.39, 0.29) is 0 Å². The molecular weight excluding hydrogens is 162 g/mol. The number of fused-ring (bicyclic) bond motifs is 1. The summed E-state index contributed by atoms with van der Waals surface area (Å²) in [6, 6.07) is 6.14. The smallest absolute Gasteiger partial charge is 0.0411 e. The molecule has 3 heteroatoms. The Kier molecular flexibility index (Phi) is 1.98. The van der Waals surface area contributed by atoms with Gasteiger partial charge in [-0.05, 0) is 17.2 Å². The summed E-state index contributed by atoms with van der Waals surface area (Å²) in [5.41, 5.74) is 9.45. The van der Waals surface area contributed by atoms with Gasteiger partial charge in [0.05, 0.1) is 0 Å². The Morgan fingerprint density at radius 3 is 2.69 bits per heavy atom. The Morgan fingerprint density at radius 2 is 2.08 bits per heavy atom. The van der Waals surface area contributed by atoms with Crippen LogP contribution in [0.25, 0.3) is 0 Å². The van der Waals surface area contributed by atoms with Crippen molar-refractivity contribution in [3.8, 4) is 0 Å². The number of rotatable bonds is 1. The number of hydrogen-bond acceptors (Lipinski definition) is 3. The standard InChI is InChI=1S/C10H15N3/c1-12(2)13-6-8-4-3-5-10(11)9(8)7-13/h3-5H,6-7,11H2,1-2H3. The first kappa shape index (κ1) is 8.53. The third kappa shape index (κ3) is 1.41. The summed E-state index contributed by atoms with van der Waals surface area (Å²) < 4.78 is 0. The van der Waals surface area contributed by atoms with Crippen molar-refractivity contribution in [3.05, 3.63) is 29.3 Å². The molecule has 13 heavy (non-hydrogen) atoms. The summed E-state index contributed by atoms with van der Waals surface area (Å²) in [4.78, 5) is 0. The molecule has 2 N–H and O–H groups in total. The van der Waals surface area contributed by atoms with Crippen LogP contribution in [0.15, 0.2) is 18.2 Å². The van der Waals surface area contributed by atoms with E-state index in [0.29, 0.717) is 0 Å². The van der Waals surface area contributed by atoms with Crippen LogP contribution in [0.2, 0.25) is 0 Å². The summed E-state index contributed by atoms with van der Waals surface area (Å²) in [5.74, 6) is 0. The van der Waals surface area contributed by atoms with Crippen LogP contribution in [-0.2, 0) is 13.1 Å². The highest BCUT2D eigenvalue weighted by atomic mass is 15.6. The Labute approximate surface area is 78.7 Å². The van der Waals surface area contributed by atoms with Crippen molar-refractivity contribution in [1.82, 2.24) is 10.0 Å². The molecule has 0 spiro atoms. The van der Waals surface area contributed by atoms with Crippen LogP contribution < -0.4 is 5.73 Å². The lowest BCUT2D eigenvalue weighted by Crippen LogP contribution is -2.31. The zero-order valence-corrected chi connectivity index (χ0v) is 8.12. The predicted molar refractivity (Wildman–Crippen MR) is 53.8 cm³/mol. The molecule has 0 radical (unpaired) electrons. The quantitative estimate of drug-likeness (QED) is 0.651. The second-order valence-corrected chi connectivity index (χ2v) is 3.65. The van der Waals surface area contributed by atoms with Crippen LogP contribution in [0.4, 0.5) is 5.69 Å². The second-order valence-electron chi connectivity index (χ2n) is 3.65. The van der Waals surface area contributed by atoms with Gasteiger partial charge in [0.2, 0.25) is 0 Å². The van der Waals surface area contributed by atoms with Crippen molar-refractivity contribution in [2.45, 2.75) is 13.1 Å². The Morgan fingerprint density at radius 1 is 1.31 bits per heavy atom. The number of nitrogen functional groups attached to an aromatic ring is 1.